The zero-order valence-corrected chi connectivity index (χ0v) is 17.5. The van der Waals surface area contributed by atoms with Gasteiger partial charge in [0, 0.05) is 38.4 Å². The lowest BCUT2D eigenvalue weighted by Gasteiger charge is -2.26. The van der Waals surface area contributed by atoms with Crippen molar-refractivity contribution in [3.63, 3.8) is 0 Å². The predicted octanol–water partition coefficient (Wildman–Crippen LogP) is 2.51. The van der Waals surface area contributed by atoms with Gasteiger partial charge in [0.25, 0.3) is 0 Å². The van der Waals surface area contributed by atoms with Crippen molar-refractivity contribution in [3.05, 3.63) is 53.9 Å². The van der Waals surface area contributed by atoms with E-state index in [1.807, 2.05) is 12.1 Å². The molecule has 1 aliphatic heterocycles. The SMILES string of the molecule is COc1ccc(S(=O)(=O)N2CCCCC2)cc1CCC(=O)NCc1ccncc1. The van der Waals surface area contributed by atoms with Crippen LogP contribution in [-0.4, -0.2) is 43.8 Å². The maximum absolute atomic E-state index is 12.9. The van der Waals surface area contributed by atoms with Gasteiger partial charge in [-0.2, -0.15) is 4.31 Å². The number of pyridine rings is 1. The summed E-state index contributed by atoms with van der Waals surface area (Å²) in [5.41, 5.74) is 1.69. The molecule has 1 N–H and O–H groups in total. The maximum Gasteiger partial charge on any atom is 0.243 e. The molecule has 3 rings (SSSR count). The lowest BCUT2D eigenvalue weighted by atomic mass is 10.1. The number of sulfonamides is 1. The van der Waals surface area contributed by atoms with Gasteiger partial charge in [0.1, 0.15) is 5.75 Å². The molecule has 0 saturated carbocycles. The molecular formula is C21H27N3O4S. The molecule has 1 fully saturated rings. The van der Waals surface area contributed by atoms with E-state index >= 15 is 0 Å². The highest BCUT2D eigenvalue weighted by atomic mass is 32.2. The summed E-state index contributed by atoms with van der Waals surface area (Å²) in [5.74, 6) is 0.484. The topological polar surface area (TPSA) is 88.6 Å². The summed E-state index contributed by atoms with van der Waals surface area (Å²) in [6.07, 6.45) is 6.85. The fourth-order valence-electron chi connectivity index (χ4n) is 3.40. The molecule has 1 amide bonds. The van der Waals surface area contributed by atoms with Crippen LogP contribution in [0.25, 0.3) is 0 Å². The Morgan fingerprint density at radius 1 is 1.14 bits per heavy atom. The van der Waals surface area contributed by atoms with Crippen molar-refractivity contribution < 1.29 is 17.9 Å². The van der Waals surface area contributed by atoms with Crippen LogP contribution in [0.15, 0.2) is 47.6 Å². The van der Waals surface area contributed by atoms with Crippen molar-refractivity contribution in [2.24, 2.45) is 0 Å². The zero-order valence-electron chi connectivity index (χ0n) is 16.6. The van der Waals surface area contributed by atoms with Crippen LogP contribution >= 0.6 is 0 Å². The Balaban J connectivity index is 1.66. The third kappa shape index (κ3) is 5.55. The van der Waals surface area contributed by atoms with Gasteiger partial charge in [0.15, 0.2) is 0 Å². The van der Waals surface area contributed by atoms with E-state index in [2.05, 4.69) is 10.3 Å². The minimum atomic E-state index is -3.52. The number of hydrogen-bond acceptors (Lipinski definition) is 5. The molecular weight excluding hydrogens is 390 g/mol. The first-order chi connectivity index (χ1) is 14.0. The number of piperidine rings is 1. The third-order valence-electron chi connectivity index (χ3n) is 5.07. The van der Waals surface area contributed by atoms with Gasteiger partial charge < -0.3 is 10.1 Å². The molecule has 1 saturated heterocycles. The minimum Gasteiger partial charge on any atom is -0.496 e. The van der Waals surface area contributed by atoms with Crippen molar-refractivity contribution in [2.75, 3.05) is 20.2 Å². The Labute approximate surface area is 172 Å². The van der Waals surface area contributed by atoms with Gasteiger partial charge in [0.05, 0.1) is 12.0 Å². The van der Waals surface area contributed by atoms with E-state index in [0.29, 0.717) is 37.4 Å². The molecule has 0 atom stereocenters. The fourth-order valence-corrected chi connectivity index (χ4v) is 4.97. The Morgan fingerprint density at radius 3 is 2.55 bits per heavy atom. The molecule has 7 nitrogen and oxygen atoms in total. The number of amides is 1. The summed E-state index contributed by atoms with van der Waals surface area (Å²) in [6.45, 7) is 1.55. The second-order valence-electron chi connectivity index (χ2n) is 7.07. The molecule has 0 radical (unpaired) electrons. The third-order valence-corrected chi connectivity index (χ3v) is 6.96. The van der Waals surface area contributed by atoms with Crippen LogP contribution in [0.2, 0.25) is 0 Å². The molecule has 1 aliphatic rings. The van der Waals surface area contributed by atoms with Gasteiger partial charge in [-0.25, -0.2) is 8.42 Å². The molecule has 1 aromatic heterocycles. The average Bonchev–Trinajstić information content (AvgIpc) is 2.77. The van der Waals surface area contributed by atoms with Crippen LogP contribution in [0.4, 0.5) is 0 Å². The number of aryl methyl sites for hydroxylation is 1. The summed E-state index contributed by atoms with van der Waals surface area (Å²) < 4.78 is 32.8. The van der Waals surface area contributed by atoms with Gasteiger partial charge in [-0.15, -0.1) is 0 Å². The normalized spacial score (nSPS) is 15.1. The second kappa shape index (κ2) is 9.84. The van der Waals surface area contributed by atoms with E-state index in [9.17, 15) is 13.2 Å². The van der Waals surface area contributed by atoms with Gasteiger partial charge in [-0.3, -0.25) is 9.78 Å². The molecule has 29 heavy (non-hydrogen) atoms. The van der Waals surface area contributed by atoms with Crippen LogP contribution in [-0.2, 0) is 27.8 Å². The summed E-state index contributed by atoms with van der Waals surface area (Å²) in [4.78, 5) is 16.4. The first-order valence-corrected chi connectivity index (χ1v) is 11.3. The smallest absolute Gasteiger partial charge is 0.243 e. The predicted molar refractivity (Wildman–Crippen MR) is 110 cm³/mol. The van der Waals surface area contributed by atoms with Crippen LogP contribution in [0, 0.1) is 0 Å². The van der Waals surface area contributed by atoms with Gasteiger partial charge in [0.2, 0.25) is 15.9 Å². The van der Waals surface area contributed by atoms with Crippen LogP contribution in [0.1, 0.15) is 36.8 Å². The standard InChI is InChI=1S/C21H27N3O4S/c1-28-20-7-6-19(29(26,27)24-13-3-2-4-14-24)15-18(20)5-8-21(25)23-16-17-9-11-22-12-10-17/h6-7,9-12,15H,2-5,8,13-14,16H2,1H3,(H,23,25). The van der Waals surface area contributed by atoms with E-state index in [0.717, 1.165) is 24.8 Å². The lowest BCUT2D eigenvalue weighted by molar-refractivity contribution is -0.121. The summed E-state index contributed by atoms with van der Waals surface area (Å²) in [6, 6.07) is 8.58. The average molecular weight is 418 g/mol. The number of carbonyl (C=O) groups excluding carboxylic acids is 1. The summed E-state index contributed by atoms with van der Waals surface area (Å²) in [7, 11) is -1.98. The molecule has 1 aromatic carbocycles. The van der Waals surface area contributed by atoms with Crippen molar-refractivity contribution in [3.8, 4) is 5.75 Å². The Bertz CT molecular complexity index is 926. The lowest BCUT2D eigenvalue weighted by Crippen LogP contribution is -2.35. The van der Waals surface area contributed by atoms with Crippen molar-refractivity contribution in [1.82, 2.24) is 14.6 Å². The molecule has 0 aliphatic carbocycles. The van der Waals surface area contributed by atoms with Gasteiger partial charge in [-0.05, 0) is 60.7 Å². The number of carbonyl (C=O) groups is 1. The molecule has 156 valence electrons. The van der Waals surface area contributed by atoms with E-state index in [4.69, 9.17) is 4.74 Å². The number of benzene rings is 1. The Hall–Kier alpha value is -2.45. The highest BCUT2D eigenvalue weighted by molar-refractivity contribution is 7.89. The van der Waals surface area contributed by atoms with Crippen molar-refractivity contribution >= 4 is 15.9 Å². The molecule has 2 heterocycles. The molecule has 2 aromatic rings. The molecule has 0 spiro atoms. The first-order valence-electron chi connectivity index (χ1n) is 9.83. The van der Waals surface area contributed by atoms with Crippen molar-refractivity contribution in [2.45, 2.75) is 43.5 Å². The van der Waals surface area contributed by atoms with Crippen LogP contribution in [0.3, 0.4) is 0 Å². The maximum atomic E-state index is 12.9. The first kappa shape index (κ1) is 21.3. The van der Waals surface area contributed by atoms with E-state index in [1.54, 1.807) is 42.0 Å². The van der Waals surface area contributed by atoms with Crippen LogP contribution < -0.4 is 10.1 Å². The highest BCUT2D eigenvalue weighted by Gasteiger charge is 2.26. The minimum absolute atomic E-state index is 0.104. The number of methoxy groups -OCH3 is 1. The molecule has 0 bridgehead atoms. The highest BCUT2D eigenvalue weighted by Crippen LogP contribution is 2.27. The van der Waals surface area contributed by atoms with Gasteiger partial charge in [-0.1, -0.05) is 6.42 Å². The van der Waals surface area contributed by atoms with Crippen LogP contribution in [0.5, 0.6) is 5.75 Å². The number of aromatic nitrogens is 1. The number of nitrogens with one attached hydrogen (secondary N) is 1. The number of nitrogens with zero attached hydrogens (tertiary/aromatic N) is 2. The summed E-state index contributed by atoms with van der Waals surface area (Å²) >= 11 is 0. The number of hydrogen-bond donors (Lipinski definition) is 1. The van der Waals surface area contributed by atoms with Crippen molar-refractivity contribution in [1.29, 1.82) is 0 Å². The van der Waals surface area contributed by atoms with E-state index in [-0.39, 0.29) is 17.2 Å². The van der Waals surface area contributed by atoms with Gasteiger partial charge >= 0.3 is 0 Å². The fraction of sp³-hybridized carbons (Fsp3) is 0.429. The van der Waals surface area contributed by atoms with E-state index < -0.39 is 10.0 Å². The largest absolute Gasteiger partial charge is 0.496 e. The van der Waals surface area contributed by atoms with E-state index in [1.165, 1.54) is 0 Å². The molecule has 8 heteroatoms. The Morgan fingerprint density at radius 2 is 1.86 bits per heavy atom. The zero-order chi connectivity index (χ0) is 20.7. The monoisotopic (exact) mass is 417 g/mol. The summed E-state index contributed by atoms with van der Waals surface area (Å²) in [5, 5.41) is 2.87. The number of ether oxygens (including phenoxy) is 1. The Kier molecular flexibility index (Phi) is 7.22. The quantitative estimate of drug-likeness (QED) is 0.713. The molecule has 0 unspecified atom stereocenters. The second-order valence-corrected chi connectivity index (χ2v) is 9.01. The number of rotatable bonds is 8.